The number of carbonyl (C=O) groups is 2. The number of hydrogen-bond donors (Lipinski definition) is 1. The van der Waals surface area contributed by atoms with Crippen LogP contribution in [0.25, 0.3) is 0 Å². The van der Waals surface area contributed by atoms with Gasteiger partial charge >= 0.3 is 0 Å². The van der Waals surface area contributed by atoms with Crippen molar-refractivity contribution in [3.05, 3.63) is 29.3 Å². The van der Waals surface area contributed by atoms with Gasteiger partial charge in [-0.1, -0.05) is 23.7 Å². The van der Waals surface area contributed by atoms with E-state index >= 15 is 0 Å². The van der Waals surface area contributed by atoms with E-state index in [1.807, 2.05) is 12.1 Å². The average Bonchev–Trinajstić information content (AvgIpc) is 2.88. The molecule has 120 valence electrons. The third-order valence-electron chi connectivity index (χ3n) is 3.80. The molecule has 1 heterocycles. The monoisotopic (exact) mass is 325 g/mol. The van der Waals surface area contributed by atoms with E-state index in [1.54, 1.807) is 24.1 Å². The second-order valence-electron chi connectivity index (χ2n) is 5.26. The fourth-order valence-electron chi connectivity index (χ4n) is 2.60. The van der Waals surface area contributed by atoms with Crippen LogP contribution in [0, 0.1) is 0 Å². The molecule has 1 aromatic carbocycles. The summed E-state index contributed by atoms with van der Waals surface area (Å²) in [5.74, 6) is -0.449. The summed E-state index contributed by atoms with van der Waals surface area (Å²) in [6.07, 6.45) is 0.548. The molecular weight excluding hydrogens is 306 g/mol. The lowest BCUT2D eigenvalue weighted by Crippen LogP contribution is -2.50. The topological polar surface area (TPSA) is 75.9 Å². The lowest BCUT2D eigenvalue weighted by atomic mass is 10.2. The number of rotatable bonds is 5. The molecule has 2 rings (SSSR count). The highest BCUT2D eigenvalue weighted by atomic mass is 35.5. The van der Waals surface area contributed by atoms with Crippen LogP contribution >= 0.6 is 11.6 Å². The Labute approximate surface area is 134 Å². The number of hydrogen-bond acceptors (Lipinski definition) is 4. The molecule has 1 aliphatic rings. The van der Waals surface area contributed by atoms with E-state index in [-0.39, 0.29) is 18.4 Å². The molecule has 0 saturated carbocycles. The Morgan fingerprint density at radius 2 is 2.23 bits per heavy atom. The van der Waals surface area contributed by atoms with Gasteiger partial charge in [0.25, 0.3) is 0 Å². The lowest BCUT2D eigenvalue weighted by molar-refractivity contribution is -0.138. The first-order chi connectivity index (χ1) is 10.5. The summed E-state index contributed by atoms with van der Waals surface area (Å²) < 4.78 is 4.89. The van der Waals surface area contributed by atoms with Crippen molar-refractivity contribution in [1.29, 1.82) is 0 Å². The van der Waals surface area contributed by atoms with Crippen molar-refractivity contribution >= 4 is 29.1 Å². The Balaban J connectivity index is 2.11. The van der Waals surface area contributed by atoms with Crippen LogP contribution in [0.1, 0.15) is 6.42 Å². The molecule has 1 saturated heterocycles. The summed E-state index contributed by atoms with van der Waals surface area (Å²) in [4.78, 5) is 27.8. The Morgan fingerprint density at radius 1 is 1.55 bits per heavy atom. The second kappa shape index (κ2) is 7.09. The minimum atomic E-state index is -0.767. The summed E-state index contributed by atoms with van der Waals surface area (Å²) in [5, 5.41) is 0.515. The zero-order valence-electron chi connectivity index (χ0n) is 12.7. The van der Waals surface area contributed by atoms with E-state index in [1.165, 1.54) is 12.0 Å². The first-order valence-electron chi connectivity index (χ1n) is 7.04. The molecule has 6 nitrogen and oxygen atoms in total. The second-order valence-corrected chi connectivity index (χ2v) is 5.66. The number of carbonyl (C=O) groups excluding carboxylic acids is 2. The molecule has 2 N–H and O–H groups in total. The van der Waals surface area contributed by atoms with Crippen molar-refractivity contribution in [2.24, 2.45) is 5.73 Å². The standard InChI is InChI=1S/C15H20ClN3O3/c1-18(14(20)11(17)9-22-2)13-7-8-19(15(13)21)12-6-4-3-5-10(12)16/h3-6,11,13H,7-9,17H2,1-2H3. The average molecular weight is 326 g/mol. The van der Waals surface area contributed by atoms with E-state index in [9.17, 15) is 9.59 Å². The summed E-state index contributed by atoms with van der Waals surface area (Å²) in [7, 11) is 3.07. The van der Waals surface area contributed by atoms with Crippen molar-refractivity contribution in [3.8, 4) is 0 Å². The van der Waals surface area contributed by atoms with Gasteiger partial charge in [-0.3, -0.25) is 9.59 Å². The highest BCUT2D eigenvalue weighted by molar-refractivity contribution is 6.34. The number of nitrogens with zero attached hydrogens (tertiary/aromatic N) is 2. The van der Waals surface area contributed by atoms with Crippen LogP contribution in [-0.2, 0) is 14.3 Å². The van der Waals surface area contributed by atoms with Gasteiger partial charge in [-0.05, 0) is 18.6 Å². The van der Waals surface area contributed by atoms with Crippen molar-refractivity contribution in [3.63, 3.8) is 0 Å². The summed E-state index contributed by atoms with van der Waals surface area (Å²) in [6.45, 7) is 0.642. The van der Waals surface area contributed by atoms with Gasteiger partial charge in [-0.15, -0.1) is 0 Å². The van der Waals surface area contributed by atoms with E-state index in [0.29, 0.717) is 23.7 Å². The van der Waals surface area contributed by atoms with Crippen LogP contribution in [0.15, 0.2) is 24.3 Å². The van der Waals surface area contributed by atoms with Gasteiger partial charge in [0.2, 0.25) is 11.8 Å². The fourth-order valence-corrected chi connectivity index (χ4v) is 2.84. The first kappa shape index (κ1) is 16.7. The maximum atomic E-state index is 12.6. The van der Waals surface area contributed by atoms with Crippen molar-refractivity contribution < 1.29 is 14.3 Å². The number of halogens is 1. The Morgan fingerprint density at radius 3 is 2.86 bits per heavy atom. The highest BCUT2D eigenvalue weighted by Crippen LogP contribution is 2.30. The molecule has 22 heavy (non-hydrogen) atoms. The largest absolute Gasteiger partial charge is 0.383 e. The third-order valence-corrected chi connectivity index (χ3v) is 4.12. The number of benzene rings is 1. The third kappa shape index (κ3) is 3.24. The van der Waals surface area contributed by atoms with Crippen LogP contribution in [0.3, 0.4) is 0 Å². The molecule has 0 spiro atoms. The molecule has 0 bridgehead atoms. The molecule has 0 aromatic heterocycles. The van der Waals surface area contributed by atoms with Gasteiger partial charge < -0.3 is 20.3 Å². The van der Waals surface area contributed by atoms with Crippen LogP contribution in [0.4, 0.5) is 5.69 Å². The number of ether oxygens (including phenoxy) is 1. The lowest BCUT2D eigenvalue weighted by Gasteiger charge is -2.26. The van der Waals surface area contributed by atoms with E-state index in [0.717, 1.165) is 0 Å². The summed E-state index contributed by atoms with van der Waals surface area (Å²) in [6, 6.07) is 5.88. The number of methoxy groups -OCH3 is 1. The molecule has 0 radical (unpaired) electrons. The van der Waals surface area contributed by atoms with E-state index in [4.69, 9.17) is 22.1 Å². The van der Waals surface area contributed by atoms with Crippen LogP contribution in [-0.4, -0.2) is 56.1 Å². The molecule has 2 atom stereocenters. The maximum absolute atomic E-state index is 12.6. The number of amides is 2. The molecule has 1 fully saturated rings. The number of para-hydroxylation sites is 1. The normalized spacial score (nSPS) is 19.4. The van der Waals surface area contributed by atoms with Gasteiger partial charge in [0.15, 0.2) is 0 Å². The minimum absolute atomic E-state index is 0.123. The van der Waals surface area contributed by atoms with E-state index < -0.39 is 12.1 Å². The van der Waals surface area contributed by atoms with Crippen LogP contribution < -0.4 is 10.6 Å². The predicted molar refractivity (Wildman–Crippen MR) is 84.8 cm³/mol. The zero-order chi connectivity index (χ0) is 16.3. The van der Waals surface area contributed by atoms with Gasteiger partial charge in [-0.2, -0.15) is 0 Å². The highest BCUT2D eigenvalue weighted by Gasteiger charge is 2.38. The van der Waals surface area contributed by atoms with Crippen molar-refractivity contribution in [1.82, 2.24) is 4.90 Å². The molecule has 0 aliphatic carbocycles. The minimum Gasteiger partial charge on any atom is -0.383 e. The molecule has 7 heteroatoms. The predicted octanol–water partition coefficient (Wildman–Crippen LogP) is 0.877. The number of nitrogens with two attached hydrogens (primary N) is 1. The molecule has 1 aromatic rings. The number of anilines is 1. The number of likely N-dealkylation sites (N-methyl/N-ethyl adjacent to an activating group) is 1. The SMILES string of the molecule is COCC(N)C(=O)N(C)C1CCN(c2ccccc2Cl)C1=O. The van der Waals surface area contributed by atoms with Gasteiger partial charge in [-0.25, -0.2) is 0 Å². The Kier molecular flexibility index (Phi) is 5.39. The van der Waals surface area contributed by atoms with Crippen molar-refractivity contribution in [2.45, 2.75) is 18.5 Å². The molecular formula is C15H20ClN3O3. The fraction of sp³-hybridized carbons (Fsp3) is 0.467. The van der Waals surface area contributed by atoms with Gasteiger partial charge in [0.05, 0.1) is 17.3 Å². The van der Waals surface area contributed by atoms with Gasteiger partial charge in [0.1, 0.15) is 12.1 Å². The smallest absolute Gasteiger partial charge is 0.249 e. The molecule has 1 aliphatic heterocycles. The van der Waals surface area contributed by atoms with Crippen molar-refractivity contribution in [2.75, 3.05) is 32.2 Å². The molecule has 2 amide bonds. The quantitative estimate of drug-likeness (QED) is 0.872. The Bertz CT molecular complexity index is 567. The van der Waals surface area contributed by atoms with E-state index in [2.05, 4.69) is 0 Å². The zero-order valence-corrected chi connectivity index (χ0v) is 13.4. The summed E-state index contributed by atoms with van der Waals surface area (Å²) >= 11 is 6.14. The Hall–Kier alpha value is -1.63. The van der Waals surface area contributed by atoms with Crippen LogP contribution in [0.5, 0.6) is 0 Å². The maximum Gasteiger partial charge on any atom is 0.249 e. The first-order valence-corrected chi connectivity index (χ1v) is 7.42. The van der Waals surface area contributed by atoms with Gasteiger partial charge in [0, 0.05) is 20.7 Å². The summed E-state index contributed by atoms with van der Waals surface area (Å²) in [5.41, 5.74) is 6.41. The molecule has 2 unspecified atom stereocenters. The van der Waals surface area contributed by atoms with Crippen LogP contribution in [0.2, 0.25) is 5.02 Å².